The van der Waals surface area contributed by atoms with Crippen LogP contribution >= 0.6 is 11.6 Å². The van der Waals surface area contributed by atoms with Gasteiger partial charge in [0.2, 0.25) is 5.24 Å². The molecule has 0 radical (unpaired) electrons. The van der Waals surface area contributed by atoms with Crippen LogP contribution in [0.3, 0.4) is 0 Å². The van der Waals surface area contributed by atoms with E-state index < -0.39 is 10.2 Å². The van der Waals surface area contributed by atoms with Crippen molar-refractivity contribution in [3.63, 3.8) is 0 Å². The highest BCUT2D eigenvalue weighted by Crippen LogP contribution is 2.14. The summed E-state index contributed by atoms with van der Waals surface area (Å²) in [5.41, 5.74) is 0.691. The number of non-ortho nitro benzene ring substituents is 1. The largest absolute Gasteiger partial charge is 0.281 e. The Balaban J connectivity index is 2.78. The molecule has 0 saturated heterocycles. The highest BCUT2D eigenvalue weighted by atomic mass is 35.5. The molecule has 1 aromatic carbocycles. The molecule has 1 aromatic rings. The van der Waals surface area contributed by atoms with Gasteiger partial charge in [-0.05, 0) is 17.2 Å². The minimum Gasteiger partial charge on any atom is -0.281 e. The van der Waals surface area contributed by atoms with Gasteiger partial charge in [0.15, 0.2) is 0 Å². The van der Waals surface area contributed by atoms with E-state index in [0.717, 1.165) is 0 Å². The highest BCUT2D eigenvalue weighted by Gasteiger charge is 2.03. The summed E-state index contributed by atoms with van der Waals surface area (Å²) in [4.78, 5) is 20.4. The molecule has 0 saturated carbocycles. The number of hydrogen-bond donors (Lipinski definition) is 0. The van der Waals surface area contributed by atoms with Gasteiger partial charge in [-0.25, -0.2) is 0 Å². The summed E-state index contributed by atoms with van der Waals surface area (Å²) in [6.07, 6.45) is 3.30. The molecule has 0 unspecified atom stereocenters. The number of halogens is 1. The number of nitro benzene ring substituents is 1. The lowest BCUT2D eigenvalue weighted by Crippen LogP contribution is -1.87. The standard InChI is InChI=1S/C10H8ClNO3/c11-10(13)6-2-4-8-3-1-5-9(7-8)12(14)15/h1-5,7H,6H2. The summed E-state index contributed by atoms with van der Waals surface area (Å²) in [7, 11) is 0. The summed E-state index contributed by atoms with van der Waals surface area (Å²) in [6.45, 7) is 0. The summed E-state index contributed by atoms with van der Waals surface area (Å²) >= 11 is 5.13. The Kier molecular flexibility index (Phi) is 4.00. The third-order valence-corrected chi connectivity index (χ3v) is 1.82. The lowest BCUT2D eigenvalue weighted by Gasteiger charge is -1.93. The Hall–Kier alpha value is -1.68. The topological polar surface area (TPSA) is 60.2 Å². The molecule has 0 amide bonds. The van der Waals surface area contributed by atoms with Gasteiger partial charge in [0.25, 0.3) is 5.69 Å². The van der Waals surface area contributed by atoms with E-state index in [1.165, 1.54) is 12.1 Å². The molecule has 0 aliphatic rings. The predicted octanol–water partition coefficient (Wildman–Crippen LogP) is 2.76. The number of allylic oxidation sites excluding steroid dienone is 1. The van der Waals surface area contributed by atoms with Gasteiger partial charge >= 0.3 is 0 Å². The molecular formula is C10H8ClNO3. The number of rotatable bonds is 4. The van der Waals surface area contributed by atoms with Crippen LogP contribution in [-0.4, -0.2) is 10.2 Å². The summed E-state index contributed by atoms with van der Waals surface area (Å²) in [5.74, 6) is 0. The van der Waals surface area contributed by atoms with E-state index in [1.54, 1.807) is 24.3 Å². The third kappa shape index (κ3) is 3.91. The van der Waals surface area contributed by atoms with Gasteiger partial charge in [-0.3, -0.25) is 14.9 Å². The van der Waals surface area contributed by atoms with Gasteiger partial charge < -0.3 is 0 Å². The van der Waals surface area contributed by atoms with Crippen LogP contribution in [0.15, 0.2) is 30.3 Å². The Bertz CT molecular complexity index is 415. The van der Waals surface area contributed by atoms with E-state index in [4.69, 9.17) is 11.6 Å². The first-order valence-corrected chi connectivity index (χ1v) is 4.57. The van der Waals surface area contributed by atoms with Crippen LogP contribution in [-0.2, 0) is 4.79 Å². The van der Waals surface area contributed by atoms with Crippen LogP contribution < -0.4 is 0 Å². The molecule has 4 nitrogen and oxygen atoms in total. The molecule has 0 aliphatic carbocycles. The quantitative estimate of drug-likeness (QED) is 0.450. The Labute approximate surface area is 91.3 Å². The van der Waals surface area contributed by atoms with Gasteiger partial charge in [0.05, 0.1) is 4.92 Å². The third-order valence-electron chi connectivity index (χ3n) is 1.67. The fourth-order valence-electron chi connectivity index (χ4n) is 1.03. The fourth-order valence-corrected chi connectivity index (χ4v) is 1.12. The number of carbonyl (C=O) groups is 1. The maximum absolute atomic E-state index is 10.4. The number of nitro groups is 1. The molecule has 15 heavy (non-hydrogen) atoms. The second kappa shape index (κ2) is 5.26. The van der Waals surface area contributed by atoms with Gasteiger partial charge in [0, 0.05) is 18.6 Å². The molecule has 0 heterocycles. The average molecular weight is 226 g/mol. The molecular weight excluding hydrogens is 218 g/mol. The van der Waals surface area contributed by atoms with Crippen LogP contribution in [0, 0.1) is 10.1 Å². The molecule has 5 heteroatoms. The lowest BCUT2D eigenvalue weighted by molar-refractivity contribution is -0.384. The molecule has 0 aromatic heterocycles. The number of benzene rings is 1. The maximum Gasteiger partial charge on any atom is 0.270 e. The van der Waals surface area contributed by atoms with Crippen molar-refractivity contribution in [1.29, 1.82) is 0 Å². The normalized spacial score (nSPS) is 10.5. The smallest absolute Gasteiger partial charge is 0.270 e. The van der Waals surface area contributed by atoms with Crippen LogP contribution in [0.4, 0.5) is 5.69 Å². The van der Waals surface area contributed by atoms with Crippen LogP contribution in [0.5, 0.6) is 0 Å². The molecule has 1 rings (SSSR count). The van der Waals surface area contributed by atoms with Crippen molar-refractivity contribution < 1.29 is 9.72 Å². The van der Waals surface area contributed by atoms with Crippen molar-refractivity contribution in [1.82, 2.24) is 0 Å². The molecule has 0 N–H and O–H groups in total. The van der Waals surface area contributed by atoms with Crippen molar-refractivity contribution in [2.75, 3.05) is 0 Å². The summed E-state index contributed by atoms with van der Waals surface area (Å²) in [6, 6.07) is 6.13. The van der Waals surface area contributed by atoms with Crippen molar-refractivity contribution in [2.24, 2.45) is 0 Å². The zero-order chi connectivity index (χ0) is 11.3. The minimum atomic E-state index is -0.468. The van der Waals surface area contributed by atoms with Crippen molar-refractivity contribution in [3.05, 3.63) is 46.0 Å². The monoisotopic (exact) mass is 225 g/mol. The van der Waals surface area contributed by atoms with Crippen LogP contribution in [0.1, 0.15) is 12.0 Å². The van der Waals surface area contributed by atoms with E-state index >= 15 is 0 Å². The van der Waals surface area contributed by atoms with E-state index in [0.29, 0.717) is 5.56 Å². The first kappa shape index (κ1) is 11.4. The first-order valence-electron chi connectivity index (χ1n) is 4.19. The van der Waals surface area contributed by atoms with Crippen molar-refractivity contribution in [2.45, 2.75) is 6.42 Å². The Morgan fingerprint density at radius 1 is 1.53 bits per heavy atom. The molecule has 0 spiro atoms. The molecule has 0 aliphatic heterocycles. The predicted molar refractivity (Wildman–Crippen MR) is 57.6 cm³/mol. The molecule has 0 bridgehead atoms. The van der Waals surface area contributed by atoms with Gasteiger partial charge in [-0.2, -0.15) is 0 Å². The van der Waals surface area contributed by atoms with Crippen molar-refractivity contribution in [3.8, 4) is 0 Å². The first-order chi connectivity index (χ1) is 7.09. The maximum atomic E-state index is 10.4. The lowest BCUT2D eigenvalue weighted by atomic mass is 10.2. The number of nitrogens with zero attached hydrogens (tertiary/aromatic N) is 1. The van der Waals surface area contributed by atoms with Crippen molar-refractivity contribution >= 4 is 28.6 Å². The number of carbonyl (C=O) groups excluding carboxylic acids is 1. The SMILES string of the molecule is O=C(Cl)CC=Cc1cccc([N+](=O)[O-])c1. The zero-order valence-electron chi connectivity index (χ0n) is 7.72. The van der Waals surface area contributed by atoms with Gasteiger partial charge in [0.1, 0.15) is 0 Å². The average Bonchev–Trinajstić information content (AvgIpc) is 2.17. The second-order valence-corrected chi connectivity index (χ2v) is 3.24. The Morgan fingerprint density at radius 2 is 2.27 bits per heavy atom. The van der Waals surface area contributed by atoms with E-state index in [2.05, 4.69) is 0 Å². The van der Waals surface area contributed by atoms with Crippen LogP contribution in [0.25, 0.3) is 6.08 Å². The van der Waals surface area contributed by atoms with Gasteiger partial charge in [-0.1, -0.05) is 24.3 Å². The van der Waals surface area contributed by atoms with Crippen LogP contribution in [0.2, 0.25) is 0 Å². The summed E-state index contributed by atoms with van der Waals surface area (Å²) < 4.78 is 0. The molecule has 0 fully saturated rings. The molecule has 78 valence electrons. The summed E-state index contributed by atoms with van der Waals surface area (Å²) in [5, 5.41) is 9.98. The van der Waals surface area contributed by atoms with E-state index in [9.17, 15) is 14.9 Å². The fraction of sp³-hybridized carbons (Fsp3) is 0.100. The zero-order valence-corrected chi connectivity index (χ0v) is 8.48. The van der Waals surface area contributed by atoms with E-state index in [1.807, 2.05) is 0 Å². The van der Waals surface area contributed by atoms with E-state index in [-0.39, 0.29) is 12.1 Å². The molecule has 0 atom stereocenters. The number of hydrogen-bond acceptors (Lipinski definition) is 3. The van der Waals surface area contributed by atoms with Gasteiger partial charge in [-0.15, -0.1) is 0 Å². The highest BCUT2D eigenvalue weighted by molar-refractivity contribution is 6.63. The minimum absolute atomic E-state index is 0.0225. The second-order valence-electron chi connectivity index (χ2n) is 2.81. The Morgan fingerprint density at radius 3 is 2.87 bits per heavy atom.